The number of anilines is 1. The van der Waals surface area contributed by atoms with Gasteiger partial charge in [0.25, 0.3) is 0 Å². The molecule has 0 aromatic heterocycles. The van der Waals surface area contributed by atoms with Crippen LogP contribution < -0.4 is 4.90 Å². The average Bonchev–Trinajstić information content (AvgIpc) is 2.64. The lowest BCUT2D eigenvalue weighted by Crippen LogP contribution is -2.52. The maximum Gasteiger partial charge on any atom is 0.0399 e. The standard InChI is InChI=1S/C22H28N2/c1-17-6-5-9-22(18(17)2)24-14-12-23(13-15-24)21-11-10-19-7-3-4-8-20(19)16-21/h3-9,21H,10-16H2,1-2H3. The largest absolute Gasteiger partial charge is 0.369 e. The lowest BCUT2D eigenvalue weighted by Gasteiger charge is -2.42. The van der Waals surface area contributed by atoms with E-state index in [0.717, 1.165) is 19.1 Å². The molecule has 1 aliphatic heterocycles. The van der Waals surface area contributed by atoms with E-state index in [1.807, 2.05) is 0 Å². The number of rotatable bonds is 2. The first-order chi connectivity index (χ1) is 11.7. The summed E-state index contributed by atoms with van der Waals surface area (Å²) in [7, 11) is 0. The van der Waals surface area contributed by atoms with Crippen molar-refractivity contribution in [3.05, 3.63) is 64.7 Å². The van der Waals surface area contributed by atoms with Crippen LogP contribution in [-0.2, 0) is 12.8 Å². The Kier molecular flexibility index (Phi) is 4.32. The van der Waals surface area contributed by atoms with E-state index < -0.39 is 0 Å². The molecule has 24 heavy (non-hydrogen) atoms. The molecule has 1 unspecified atom stereocenters. The molecular formula is C22H28N2. The summed E-state index contributed by atoms with van der Waals surface area (Å²) in [6.07, 6.45) is 3.80. The van der Waals surface area contributed by atoms with Crippen LogP contribution in [0.25, 0.3) is 0 Å². The molecule has 0 saturated carbocycles. The van der Waals surface area contributed by atoms with Crippen molar-refractivity contribution in [3.8, 4) is 0 Å². The third kappa shape index (κ3) is 2.95. The molecule has 2 aliphatic rings. The molecule has 1 atom stereocenters. The van der Waals surface area contributed by atoms with Gasteiger partial charge in [-0.2, -0.15) is 0 Å². The molecule has 0 radical (unpaired) electrons. The smallest absolute Gasteiger partial charge is 0.0399 e. The third-order valence-electron chi connectivity index (χ3n) is 6.07. The van der Waals surface area contributed by atoms with Crippen LogP contribution >= 0.6 is 0 Å². The number of hydrogen-bond acceptors (Lipinski definition) is 2. The Hall–Kier alpha value is -1.80. The van der Waals surface area contributed by atoms with E-state index in [4.69, 9.17) is 0 Å². The molecule has 1 heterocycles. The monoisotopic (exact) mass is 320 g/mol. The fourth-order valence-electron chi connectivity index (χ4n) is 4.40. The van der Waals surface area contributed by atoms with Crippen molar-refractivity contribution < 1.29 is 0 Å². The van der Waals surface area contributed by atoms with Gasteiger partial charge >= 0.3 is 0 Å². The second kappa shape index (κ2) is 6.60. The van der Waals surface area contributed by atoms with Crippen LogP contribution in [0.1, 0.15) is 28.7 Å². The molecule has 126 valence electrons. The SMILES string of the molecule is Cc1cccc(N2CCN(C3CCc4ccccc4C3)CC2)c1C. The van der Waals surface area contributed by atoms with E-state index in [1.54, 1.807) is 11.1 Å². The maximum absolute atomic E-state index is 2.73. The minimum Gasteiger partial charge on any atom is -0.369 e. The number of piperazine rings is 1. The lowest BCUT2D eigenvalue weighted by atomic mass is 9.87. The lowest BCUT2D eigenvalue weighted by molar-refractivity contribution is 0.170. The second-order valence-electron chi connectivity index (χ2n) is 7.41. The van der Waals surface area contributed by atoms with E-state index in [0.29, 0.717) is 0 Å². The number of hydrogen-bond donors (Lipinski definition) is 0. The van der Waals surface area contributed by atoms with Gasteiger partial charge < -0.3 is 4.90 Å². The summed E-state index contributed by atoms with van der Waals surface area (Å²) in [4.78, 5) is 5.31. The molecule has 1 saturated heterocycles. The highest BCUT2D eigenvalue weighted by Crippen LogP contribution is 2.27. The predicted octanol–water partition coefficient (Wildman–Crippen LogP) is 3.98. The fraction of sp³-hybridized carbons (Fsp3) is 0.455. The van der Waals surface area contributed by atoms with Gasteiger partial charge in [0, 0.05) is 37.9 Å². The van der Waals surface area contributed by atoms with Gasteiger partial charge in [-0.25, -0.2) is 0 Å². The number of aryl methyl sites for hydroxylation is 2. The van der Waals surface area contributed by atoms with Crippen LogP contribution in [0.2, 0.25) is 0 Å². The van der Waals surface area contributed by atoms with Gasteiger partial charge in [0.1, 0.15) is 0 Å². The normalized spacial score (nSPS) is 21.6. The summed E-state index contributed by atoms with van der Waals surface area (Å²) >= 11 is 0. The van der Waals surface area contributed by atoms with Crippen LogP contribution in [0.15, 0.2) is 42.5 Å². The average molecular weight is 320 g/mol. The summed E-state index contributed by atoms with van der Waals surface area (Å²) in [6, 6.07) is 16.5. The minimum atomic E-state index is 0.737. The van der Waals surface area contributed by atoms with E-state index in [1.165, 1.54) is 49.2 Å². The Labute approximate surface area is 146 Å². The van der Waals surface area contributed by atoms with Crippen molar-refractivity contribution >= 4 is 5.69 Å². The Bertz CT molecular complexity index is 714. The molecule has 0 spiro atoms. The van der Waals surface area contributed by atoms with Gasteiger partial charge in [0.05, 0.1) is 0 Å². The van der Waals surface area contributed by atoms with Crippen LogP contribution in [0.5, 0.6) is 0 Å². The zero-order chi connectivity index (χ0) is 16.5. The Morgan fingerprint density at radius 2 is 1.58 bits per heavy atom. The molecule has 0 bridgehead atoms. The number of fused-ring (bicyclic) bond motifs is 1. The second-order valence-corrected chi connectivity index (χ2v) is 7.41. The molecule has 4 rings (SSSR count). The van der Waals surface area contributed by atoms with E-state index in [-0.39, 0.29) is 0 Å². The van der Waals surface area contributed by atoms with Crippen LogP contribution in [0.3, 0.4) is 0 Å². The molecule has 2 nitrogen and oxygen atoms in total. The summed E-state index contributed by atoms with van der Waals surface area (Å²) in [5, 5.41) is 0. The summed E-state index contributed by atoms with van der Waals surface area (Å²) in [6.45, 7) is 9.18. The van der Waals surface area contributed by atoms with Gasteiger partial charge in [-0.15, -0.1) is 0 Å². The molecule has 1 aliphatic carbocycles. The van der Waals surface area contributed by atoms with E-state index in [9.17, 15) is 0 Å². The highest BCUT2D eigenvalue weighted by molar-refractivity contribution is 5.56. The van der Waals surface area contributed by atoms with Crippen molar-refractivity contribution in [1.82, 2.24) is 4.90 Å². The van der Waals surface area contributed by atoms with Gasteiger partial charge in [-0.05, 0) is 61.4 Å². The topological polar surface area (TPSA) is 6.48 Å². The molecule has 2 heteroatoms. The molecule has 0 N–H and O–H groups in total. The van der Waals surface area contributed by atoms with Crippen LogP contribution in [0, 0.1) is 13.8 Å². The van der Waals surface area contributed by atoms with Crippen molar-refractivity contribution in [2.75, 3.05) is 31.1 Å². The first kappa shape index (κ1) is 15.7. The maximum atomic E-state index is 2.73. The van der Waals surface area contributed by atoms with Gasteiger partial charge in [-0.3, -0.25) is 4.90 Å². The van der Waals surface area contributed by atoms with Crippen LogP contribution in [-0.4, -0.2) is 37.1 Å². The summed E-state index contributed by atoms with van der Waals surface area (Å²) < 4.78 is 0. The quantitative estimate of drug-likeness (QED) is 0.826. The molecule has 1 fully saturated rings. The van der Waals surface area contributed by atoms with Crippen LogP contribution in [0.4, 0.5) is 5.69 Å². The van der Waals surface area contributed by atoms with E-state index in [2.05, 4.69) is 66.1 Å². The molecule has 2 aromatic carbocycles. The molecule has 2 aromatic rings. The Morgan fingerprint density at radius 1 is 0.833 bits per heavy atom. The summed E-state index contributed by atoms with van der Waals surface area (Å²) in [5.74, 6) is 0. The Balaban J connectivity index is 1.41. The predicted molar refractivity (Wildman–Crippen MR) is 102 cm³/mol. The van der Waals surface area contributed by atoms with Gasteiger partial charge in [0.15, 0.2) is 0 Å². The zero-order valence-corrected chi connectivity index (χ0v) is 15.0. The van der Waals surface area contributed by atoms with Crippen molar-refractivity contribution in [2.45, 2.75) is 39.2 Å². The highest BCUT2D eigenvalue weighted by Gasteiger charge is 2.27. The highest BCUT2D eigenvalue weighted by atomic mass is 15.3. The fourth-order valence-corrected chi connectivity index (χ4v) is 4.40. The Morgan fingerprint density at radius 3 is 2.38 bits per heavy atom. The van der Waals surface area contributed by atoms with Gasteiger partial charge in [0.2, 0.25) is 0 Å². The van der Waals surface area contributed by atoms with Crippen molar-refractivity contribution in [2.24, 2.45) is 0 Å². The number of benzene rings is 2. The first-order valence-corrected chi connectivity index (χ1v) is 9.34. The van der Waals surface area contributed by atoms with Crippen molar-refractivity contribution in [3.63, 3.8) is 0 Å². The molecular weight excluding hydrogens is 292 g/mol. The van der Waals surface area contributed by atoms with Gasteiger partial charge in [-0.1, -0.05) is 36.4 Å². The van der Waals surface area contributed by atoms with E-state index >= 15 is 0 Å². The number of nitrogens with zero attached hydrogens (tertiary/aromatic N) is 2. The summed E-state index contributed by atoms with van der Waals surface area (Å²) in [5.41, 5.74) is 7.42. The third-order valence-corrected chi connectivity index (χ3v) is 6.07. The van der Waals surface area contributed by atoms with Crippen molar-refractivity contribution in [1.29, 1.82) is 0 Å². The first-order valence-electron chi connectivity index (χ1n) is 9.34. The zero-order valence-electron chi connectivity index (χ0n) is 15.0. The minimum absolute atomic E-state index is 0.737. The molecule has 0 amide bonds.